The molecule has 0 saturated carbocycles. The molecule has 0 spiro atoms. The number of hydrogen-bond donors (Lipinski definition) is 1. The normalized spacial score (nSPS) is 11.4. The van der Waals surface area contributed by atoms with Crippen LogP contribution in [0.25, 0.3) is 0 Å². The summed E-state index contributed by atoms with van der Waals surface area (Å²) in [6.07, 6.45) is 2.11. The fourth-order valence-corrected chi connectivity index (χ4v) is 2.23. The Bertz CT molecular complexity index is 313. The van der Waals surface area contributed by atoms with Gasteiger partial charge in [0.2, 0.25) is 0 Å². The predicted octanol–water partition coefficient (Wildman–Crippen LogP) is 4.24. The summed E-state index contributed by atoms with van der Waals surface area (Å²) >= 11 is 1.79. The van der Waals surface area contributed by atoms with Crippen molar-refractivity contribution in [3.05, 3.63) is 23.3 Å². The highest BCUT2D eigenvalue weighted by atomic mass is 32.2. The maximum atomic E-state index is 6.20. The van der Waals surface area contributed by atoms with E-state index < -0.39 is 0 Å². The molecule has 0 unspecified atom stereocenters. The highest BCUT2D eigenvalue weighted by molar-refractivity contribution is 7.98. The molecule has 0 amide bonds. The van der Waals surface area contributed by atoms with Gasteiger partial charge in [0.1, 0.15) is 0 Å². The van der Waals surface area contributed by atoms with Crippen molar-refractivity contribution in [3.8, 4) is 0 Å². The van der Waals surface area contributed by atoms with Crippen LogP contribution in [0.5, 0.6) is 0 Å². The maximum absolute atomic E-state index is 6.20. The first-order valence-corrected chi connectivity index (χ1v) is 6.67. The van der Waals surface area contributed by atoms with Crippen molar-refractivity contribution < 1.29 is 0 Å². The van der Waals surface area contributed by atoms with Crippen molar-refractivity contribution in [2.75, 3.05) is 12.0 Å². The first kappa shape index (κ1) is 12.4. The van der Waals surface area contributed by atoms with Crippen LogP contribution in [0.2, 0.25) is 0 Å². The topological polar surface area (TPSA) is 26.0 Å². The Hall–Kier alpha value is -0.630. The van der Waals surface area contributed by atoms with E-state index in [-0.39, 0.29) is 0 Å². The van der Waals surface area contributed by atoms with Gasteiger partial charge in [-0.05, 0) is 41.4 Å². The van der Waals surface area contributed by atoms with E-state index >= 15 is 0 Å². The van der Waals surface area contributed by atoms with E-state index in [1.165, 1.54) is 16.0 Å². The summed E-state index contributed by atoms with van der Waals surface area (Å²) in [6, 6.07) is 4.44. The molecule has 0 saturated heterocycles. The Balaban J connectivity index is 3.33. The molecule has 2 N–H and O–H groups in total. The largest absolute Gasteiger partial charge is 0.398 e. The summed E-state index contributed by atoms with van der Waals surface area (Å²) in [4.78, 5) is 1.32. The van der Waals surface area contributed by atoms with Crippen LogP contribution in [0.4, 0.5) is 5.69 Å². The summed E-state index contributed by atoms with van der Waals surface area (Å²) in [7, 11) is 0. The van der Waals surface area contributed by atoms with Crippen molar-refractivity contribution in [2.45, 2.75) is 44.4 Å². The van der Waals surface area contributed by atoms with E-state index in [0.29, 0.717) is 11.8 Å². The molecule has 0 radical (unpaired) electrons. The van der Waals surface area contributed by atoms with Crippen LogP contribution >= 0.6 is 11.8 Å². The lowest BCUT2D eigenvalue weighted by atomic mass is 9.93. The standard InChI is InChI=1S/C13H21NS/c1-8(2)11-6-10(15-5)7-12(9(3)4)13(11)14/h6-9H,14H2,1-5H3. The van der Waals surface area contributed by atoms with E-state index in [4.69, 9.17) is 5.73 Å². The van der Waals surface area contributed by atoms with E-state index in [0.717, 1.165) is 5.69 Å². The van der Waals surface area contributed by atoms with Crippen LogP contribution < -0.4 is 5.73 Å². The average Bonchev–Trinajstić information content (AvgIpc) is 2.17. The monoisotopic (exact) mass is 223 g/mol. The minimum Gasteiger partial charge on any atom is -0.398 e. The van der Waals surface area contributed by atoms with Gasteiger partial charge in [0.05, 0.1) is 0 Å². The van der Waals surface area contributed by atoms with E-state index in [1.807, 2.05) is 0 Å². The Kier molecular flexibility index (Phi) is 4.09. The molecule has 1 rings (SSSR count). The lowest BCUT2D eigenvalue weighted by Gasteiger charge is -2.17. The van der Waals surface area contributed by atoms with Gasteiger partial charge in [-0.15, -0.1) is 11.8 Å². The molecule has 15 heavy (non-hydrogen) atoms. The van der Waals surface area contributed by atoms with Gasteiger partial charge in [-0.1, -0.05) is 27.7 Å². The molecule has 84 valence electrons. The number of nitrogen functional groups attached to an aromatic ring is 1. The van der Waals surface area contributed by atoms with Crippen molar-refractivity contribution in [1.82, 2.24) is 0 Å². The first-order chi connectivity index (χ1) is 6.97. The second-order valence-electron chi connectivity index (χ2n) is 4.53. The van der Waals surface area contributed by atoms with Gasteiger partial charge in [0.25, 0.3) is 0 Å². The Labute approximate surface area is 97.4 Å². The number of hydrogen-bond acceptors (Lipinski definition) is 2. The number of nitrogens with two attached hydrogens (primary N) is 1. The van der Waals surface area contributed by atoms with Crippen LogP contribution in [0.3, 0.4) is 0 Å². The summed E-state index contributed by atoms with van der Waals surface area (Å²) in [6.45, 7) is 8.78. The maximum Gasteiger partial charge on any atom is 0.0385 e. The Morgan fingerprint density at radius 2 is 1.40 bits per heavy atom. The van der Waals surface area contributed by atoms with Gasteiger partial charge in [0, 0.05) is 10.6 Å². The average molecular weight is 223 g/mol. The minimum atomic E-state index is 0.495. The molecule has 0 aliphatic rings. The molecule has 1 nitrogen and oxygen atoms in total. The van der Waals surface area contributed by atoms with Crippen molar-refractivity contribution in [3.63, 3.8) is 0 Å². The lowest BCUT2D eigenvalue weighted by molar-refractivity contribution is 0.833. The zero-order chi connectivity index (χ0) is 11.6. The minimum absolute atomic E-state index is 0.495. The number of thioether (sulfide) groups is 1. The van der Waals surface area contributed by atoms with Crippen LogP contribution in [-0.4, -0.2) is 6.26 Å². The molecule has 0 bridgehead atoms. The highest BCUT2D eigenvalue weighted by Crippen LogP contribution is 2.34. The van der Waals surface area contributed by atoms with Gasteiger partial charge < -0.3 is 5.73 Å². The Morgan fingerprint density at radius 1 is 1.00 bits per heavy atom. The van der Waals surface area contributed by atoms with Crippen LogP contribution in [0, 0.1) is 0 Å². The van der Waals surface area contributed by atoms with Gasteiger partial charge in [-0.3, -0.25) is 0 Å². The zero-order valence-corrected chi connectivity index (χ0v) is 11.1. The molecule has 0 aliphatic heterocycles. The van der Waals surface area contributed by atoms with Gasteiger partial charge >= 0.3 is 0 Å². The summed E-state index contributed by atoms with van der Waals surface area (Å²) in [5.41, 5.74) is 9.75. The molecule has 2 heteroatoms. The fourth-order valence-electron chi connectivity index (χ4n) is 1.74. The third-order valence-corrected chi connectivity index (χ3v) is 3.40. The van der Waals surface area contributed by atoms with Gasteiger partial charge in [-0.2, -0.15) is 0 Å². The molecule has 1 aromatic rings. The quantitative estimate of drug-likeness (QED) is 0.613. The van der Waals surface area contributed by atoms with E-state index in [1.54, 1.807) is 11.8 Å². The Morgan fingerprint density at radius 3 is 1.67 bits per heavy atom. The van der Waals surface area contributed by atoms with E-state index in [2.05, 4.69) is 46.1 Å². The molecule has 0 aromatic heterocycles. The molecular weight excluding hydrogens is 202 g/mol. The van der Waals surface area contributed by atoms with Crippen LogP contribution in [-0.2, 0) is 0 Å². The van der Waals surface area contributed by atoms with Crippen molar-refractivity contribution in [2.24, 2.45) is 0 Å². The smallest absolute Gasteiger partial charge is 0.0385 e. The van der Waals surface area contributed by atoms with Crippen LogP contribution in [0.1, 0.15) is 50.7 Å². The van der Waals surface area contributed by atoms with E-state index in [9.17, 15) is 0 Å². The third-order valence-electron chi connectivity index (χ3n) is 2.70. The number of anilines is 1. The third kappa shape index (κ3) is 2.69. The summed E-state index contributed by atoms with van der Waals surface area (Å²) in [5.74, 6) is 0.990. The molecule has 1 aromatic carbocycles. The number of benzene rings is 1. The number of rotatable bonds is 3. The van der Waals surface area contributed by atoms with Gasteiger partial charge in [0.15, 0.2) is 0 Å². The molecule has 0 fully saturated rings. The lowest BCUT2D eigenvalue weighted by Crippen LogP contribution is -2.03. The molecule has 0 heterocycles. The van der Waals surface area contributed by atoms with Gasteiger partial charge in [-0.25, -0.2) is 0 Å². The second-order valence-corrected chi connectivity index (χ2v) is 5.41. The fraction of sp³-hybridized carbons (Fsp3) is 0.538. The first-order valence-electron chi connectivity index (χ1n) is 5.44. The molecular formula is C13H21NS. The summed E-state index contributed by atoms with van der Waals surface area (Å²) in [5, 5.41) is 0. The summed E-state index contributed by atoms with van der Waals surface area (Å²) < 4.78 is 0. The predicted molar refractivity (Wildman–Crippen MR) is 70.8 cm³/mol. The van der Waals surface area contributed by atoms with Crippen molar-refractivity contribution >= 4 is 17.4 Å². The SMILES string of the molecule is CSc1cc(C(C)C)c(N)c(C(C)C)c1. The highest BCUT2D eigenvalue weighted by Gasteiger charge is 2.12. The van der Waals surface area contributed by atoms with Crippen molar-refractivity contribution in [1.29, 1.82) is 0 Å². The second kappa shape index (κ2) is 4.93. The molecule has 0 atom stereocenters. The van der Waals surface area contributed by atoms with Crippen LogP contribution in [0.15, 0.2) is 17.0 Å². The zero-order valence-electron chi connectivity index (χ0n) is 10.3. The molecule has 0 aliphatic carbocycles.